The Morgan fingerprint density at radius 3 is 1.64 bits per heavy atom. The van der Waals surface area contributed by atoms with E-state index < -0.39 is 36.4 Å². The second-order valence-corrected chi connectivity index (χ2v) is 9.62. The molecule has 224 valence electrons. The largest absolute Gasteiger partial charge is 0.550 e. The molecule has 0 radical (unpaired) electrons. The molecule has 0 unspecified atom stereocenters. The lowest BCUT2D eigenvalue weighted by atomic mass is 9.95. The molecule has 0 saturated carbocycles. The Morgan fingerprint density at radius 2 is 1.21 bits per heavy atom. The number of carbonyl (C=O) groups is 3. The van der Waals surface area contributed by atoms with E-state index in [1.165, 1.54) is 0 Å². The number of carboxylic acid groups (broad SMARTS) is 3. The van der Waals surface area contributed by atoms with E-state index >= 15 is 0 Å². The van der Waals surface area contributed by atoms with E-state index in [0.29, 0.717) is 6.61 Å². The Morgan fingerprint density at radius 1 is 0.762 bits per heavy atom. The van der Waals surface area contributed by atoms with Crippen LogP contribution < -0.4 is 20.1 Å². The van der Waals surface area contributed by atoms with Crippen molar-refractivity contribution >= 4 is 40.1 Å². The van der Waals surface area contributed by atoms with Crippen LogP contribution in [0.5, 0.6) is 5.75 Å². The van der Waals surface area contributed by atoms with Gasteiger partial charge in [0.25, 0.3) is 0 Å². The molecule has 9 nitrogen and oxygen atoms in total. The van der Waals surface area contributed by atoms with Gasteiger partial charge in [0.15, 0.2) is 0 Å². The third-order valence-corrected chi connectivity index (χ3v) is 6.68. The van der Waals surface area contributed by atoms with E-state index in [-0.39, 0.29) is 0 Å². The minimum atomic E-state index is -2.97. The number of aliphatic carboxylic acids is 3. The molecule has 0 bridgehead atoms. The molecule has 0 aliphatic heterocycles. The molecule has 0 fully saturated rings. The lowest BCUT2D eigenvalue weighted by Gasteiger charge is -2.29. The topological polar surface area (TPSA) is 153 Å². The number of halogens is 1. The fraction of sp³-hybridized carbons (Fsp3) is 0.281. The fourth-order valence-electron chi connectivity index (χ4n) is 3.99. The van der Waals surface area contributed by atoms with Gasteiger partial charge in [0.2, 0.25) is 0 Å². The third kappa shape index (κ3) is 10.7. The van der Waals surface area contributed by atoms with Gasteiger partial charge in [-0.1, -0.05) is 98.2 Å². The number of aliphatic hydroxyl groups is 1. The summed E-state index contributed by atoms with van der Waals surface area (Å²) in [6.45, 7) is 8.05. The normalized spacial score (nSPS) is 11.6. The van der Waals surface area contributed by atoms with Crippen LogP contribution in [0.4, 0.5) is 0 Å². The van der Waals surface area contributed by atoms with Crippen LogP contribution in [0.25, 0.3) is 10.6 Å². The van der Waals surface area contributed by atoms with Crippen molar-refractivity contribution < 1.29 is 39.5 Å². The van der Waals surface area contributed by atoms with Crippen LogP contribution in [0.3, 0.4) is 0 Å². The molecule has 42 heavy (non-hydrogen) atoms. The molecule has 3 aromatic carbocycles. The predicted molar refractivity (Wildman–Crippen MR) is 154 cm³/mol. The molecule has 0 aromatic heterocycles. The summed E-state index contributed by atoms with van der Waals surface area (Å²) in [5, 5.41) is 39.7. The first-order valence-electron chi connectivity index (χ1n) is 13.3. The summed E-state index contributed by atoms with van der Waals surface area (Å²) in [6.07, 6.45) is -2.72. The molecule has 0 atom stereocenters. The average molecular weight is 595 g/mol. The van der Waals surface area contributed by atoms with Crippen LogP contribution in [-0.2, 0) is 14.4 Å². The van der Waals surface area contributed by atoms with Gasteiger partial charge in [0, 0.05) is 36.9 Å². The van der Waals surface area contributed by atoms with Gasteiger partial charge in [-0.3, -0.25) is 0 Å². The molecule has 0 aliphatic carbocycles. The quantitative estimate of drug-likeness (QED) is 0.272. The molecule has 0 heterocycles. The molecule has 0 amide bonds. The van der Waals surface area contributed by atoms with Crippen molar-refractivity contribution in [2.24, 2.45) is 0 Å². The summed E-state index contributed by atoms with van der Waals surface area (Å²) >= 11 is 6.87. The summed E-state index contributed by atoms with van der Waals surface area (Å²) in [6, 6.07) is 28.6. The van der Waals surface area contributed by atoms with Crippen LogP contribution in [0, 0.1) is 0 Å². The second-order valence-electron chi connectivity index (χ2n) is 9.24. The van der Waals surface area contributed by atoms with Gasteiger partial charge in [-0.15, -0.1) is 0 Å². The molecule has 0 aliphatic rings. The monoisotopic (exact) mass is 594 g/mol. The maximum atomic E-state index is 10.1. The number of carboxylic acids is 3. The number of rotatable bonds is 14. The van der Waals surface area contributed by atoms with Gasteiger partial charge in [-0.05, 0) is 41.9 Å². The molecular weight excluding hydrogens is 562 g/mol. The Balaban J connectivity index is 0.000000401. The number of benzene rings is 3. The molecule has 1 N–H and O–H groups in total. The molecule has 0 spiro atoms. The van der Waals surface area contributed by atoms with E-state index in [0.717, 1.165) is 52.7 Å². The van der Waals surface area contributed by atoms with E-state index in [2.05, 4.69) is 43.0 Å². The SMILES string of the molecule is CCN(CC)CCOc1ccc(/C(=C(/Cl)c2ccccc2)c2ccccc2)cc1.O=C([O-])CC(O)(CC(=O)[O-])C(=O)[O-]. The average Bonchev–Trinajstić information content (AvgIpc) is 2.96. The van der Waals surface area contributed by atoms with Crippen LogP contribution in [-0.4, -0.2) is 59.8 Å². The highest BCUT2D eigenvalue weighted by atomic mass is 35.5. The maximum Gasteiger partial charge on any atom is 0.119 e. The van der Waals surface area contributed by atoms with Crippen molar-refractivity contribution in [2.45, 2.75) is 32.3 Å². The van der Waals surface area contributed by atoms with Gasteiger partial charge in [-0.2, -0.15) is 0 Å². The van der Waals surface area contributed by atoms with Crippen molar-refractivity contribution in [3.05, 3.63) is 102 Å². The molecule has 0 saturated heterocycles. The Hall–Kier alpha value is -4.18. The zero-order chi connectivity index (χ0) is 31.1. The number of hydrogen-bond donors (Lipinski definition) is 1. The Kier molecular flexibility index (Phi) is 13.7. The highest BCUT2D eigenvalue weighted by molar-refractivity contribution is 6.53. The highest BCUT2D eigenvalue weighted by Gasteiger charge is 2.29. The van der Waals surface area contributed by atoms with E-state index in [1.54, 1.807) is 0 Å². The third-order valence-electron chi connectivity index (χ3n) is 6.28. The Bertz CT molecular complexity index is 1310. The maximum absolute atomic E-state index is 10.1. The number of carbonyl (C=O) groups excluding carboxylic acids is 3. The lowest BCUT2D eigenvalue weighted by Crippen LogP contribution is -2.54. The first kappa shape index (κ1) is 34.0. The summed E-state index contributed by atoms with van der Waals surface area (Å²) in [5.41, 5.74) is 1.22. The Labute approximate surface area is 250 Å². The van der Waals surface area contributed by atoms with Crippen LogP contribution in [0.15, 0.2) is 84.9 Å². The smallest absolute Gasteiger partial charge is 0.119 e. The first-order valence-corrected chi connectivity index (χ1v) is 13.7. The summed E-state index contributed by atoms with van der Waals surface area (Å²) in [5.74, 6) is -5.11. The lowest BCUT2D eigenvalue weighted by molar-refractivity contribution is -0.339. The van der Waals surface area contributed by atoms with Crippen LogP contribution in [0.2, 0.25) is 0 Å². The number of hydrogen-bond acceptors (Lipinski definition) is 9. The molecule has 10 heteroatoms. The molecule has 3 aromatic rings. The standard InChI is InChI=1S/C26H28ClNO.C6H8O7/c1-3-28(4-2)19-20-29-24-17-15-22(16-18-24)25(21-11-7-5-8-12-21)26(27)23-13-9-6-10-14-23;7-3(8)1-6(13,5(11)12)2-4(9)10/h5-18H,3-4,19-20H2,1-2H3;13H,1-2H2,(H,7,8)(H,9,10)(H,11,12)/p-3/b26-25+;. The van der Waals surface area contributed by atoms with E-state index in [9.17, 15) is 29.7 Å². The van der Waals surface area contributed by atoms with Gasteiger partial charge in [0.05, 0.1) is 11.0 Å². The van der Waals surface area contributed by atoms with E-state index in [1.807, 2.05) is 60.7 Å². The van der Waals surface area contributed by atoms with Crippen LogP contribution in [0.1, 0.15) is 43.4 Å². The highest BCUT2D eigenvalue weighted by Crippen LogP contribution is 2.35. The fourth-order valence-corrected chi connectivity index (χ4v) is 4.33. The van der Waals surface area contributed by atoms with Crippen LogP contribution >= 0.6 is 11.6 Å². The zero-order valence-electron chi connectivity index (χ0n) is 23.5. The van der Waals surface area contributed by atoms with E-state index in [4.69, 9.17) is 21.4 Å². The van der Waals surface area contributed by atoms with Crippen molar-refractivity contribution in [1.29, 1.82) is 0 Å². The van der Waals surface area contributed by atoms with Crippen molar-refractivity contribution in [1.82, 2.24) is 4.90 Å². The summed E-state index contributed by atoms with van der Waals surface area (Å²) < 4.78 is 5.94. The minimum absolute atomic E-state index is 0.688. The first-order chi connectivity index (χ1) is 20.0. The minimum Gasteiger partial charge on any atom is -0.550 e. The van der Waals surface area contributed by atoms with Gasteiger partial charge in [-0.25, -0.2) is 0 Å². The van der Waals surface area contributed by atoms with Crippen molar-refractivity contribution in [3.63, 3.8) is 0 Å². The predicted octanol–water partition coefficient (Wildman–Crippen LogP) is 1.31. The molecule has 3 rings (SSSR count). The van der Waals surface area contributed by atoms with Crippen molar-refractivity contribution in [2.75, 3.05) is 26.2 Å². The number of likely N-dealkylation sites (N-methyl/N-ethyl adjacent to an activating group) is 1. The van der Waals surface area contributed by atoms with Gasteiger partial charge >= 0.3 is 0 Å². The number of nitrogens with zero attached hydrogens (tertiary/aromatic N) is 1. The summed E-state index contributed by atoms with van der Waals surface area (Å²) in [7, 11) is 0. The van der Waals surface area contributed by atoms with Crippen molar-refractivity contribution in [3.8, 4) is 5.75 Å². The zero-order valence-corrected chi connectivity index (χ0v) is 24.2. The number of ether oxygens (including phenoxy) is 1. The molecular formula is C32H33ClNO8-3. The second kappa shape index (κ2) is 16.9. The van der Waals surface area contributed by atoms with Gasteiger partial charge < -0.3 is 44.4 Å². The summed E-state index contributed by atoms with van der Waals surface area (Å²) in [4.78, 5) is 32.4. The van der Waals surface area contributed by atoms with Gasteiger partial charge in [0.1, 0.15) is 18.0 Å².